The van der Waals surface area contributed by atoms with Crippen LogP contribution in [-0.4, -0.2) is 23.2 Å². The Morgan fingerprint density at radius 3 is 2.75 bits per heavy atom. The number of hydrogen-bond acceptors (Lipinski definition) is 4. The van der Waals surface area contributed by atoms with Crippen LogP contribution in [0.2, 0.25) is 0 Å². The molecule has 0 fully saturated rings. The van der Waals surface area contributed by atoms with E-state index in [1.54, 1.807) is 7.05 Å². The molecule has 0 bridgehead atoms. The lowest BCUT2D eigenvalue weighted by Crippen LogP contribution is -2.16. The second-order valence-corrected chi connectivity index (χ2v) is 6.14. The molecule has 0 amide bonds. The Kier molecular flexibility index (Phi) is 3.73. The molecule has 3 N–H and O–H groups in total. The molecular weight excluding hydrogens is 303 g/mol. The Labute approximate surface area is 120 Å². The molecule has 0 unspecified atom stereocenters. The van der Waals surface area contributed by atoms with Gasteiger partial charge in [-0.2, -0.15) is 5.10 Å². The summed E-state index contributed by atoms with van der Waals surface area (Å²) in [6, 6.07) is 3.23. The second kappa shape index (κ2) is 5.17. The molecule has 0 aliphatic carbocycles. The molecule has 6 nitrogen and oxygen atoms in total. The van der Waals surface area contributed by atoms with Gasteiger partial charge in [0, 0.05) is 18.8 Å². The van der Waals surface area contributed by atoms with Gasteiger partial charge in [-0.05, 0) is 18.2 Å². The Bertz CT molecular complexity index is 770. The molecule has 2 aromatic rings. The summed E-state index contributed by atoms with van der Waals surface area (Å²) in [4.78, 5) is -0.341. The molecule has 2 rings (SSSR count). The molecule has 0 spiro atoms. The highest BCUT2D eigenvalue weighted by molar-refractivity contribution is 7.92. The fourth-order valence-electron chi connectivity index (χ4n) is 1.55. The van der Waals surface area contributed by atoms with Crippen molar-refractivity contribution in [3.63, 3.8) is 0 Å². The fourth-order valence-corrected chi connectivity index (χ4v) is 2.76. The van der Waals surface area contributed by atoms with Crippen LogP contribution < -0.4 is 10.5 Å². The number of nitrogens with two attached hydrogens (primary N) is 1. The molecule has 0 aliphatic rings. The summed E-state index contributed by atoms with van der Waals surface area (Å²) >= 11 is 4.67. The van der Waals surface area contributed by atoms with Crippen molar-refractivity contribution < 1.29 is 12.8 Å². The van der Waals surface area contributed by atoms with Crippen molar-refractivity contribution >= 4 is 32.9 Å². The number of anilines is 1. The zero-order valence-electron chi connectivity index (χ0n) is 10.4. The molecule has 0 aliphatic heterocycles. The van der Waals surface area contributed by atoms with Crippen LogP contribution >= 0.6 is 12.2 Å². The van der Waals surface area contributed by atoms with Crippen LogP contribution in [0.15, 0.2) is 35.5 Å². The lowest BCUT2D eigenvalue weighted by molar-refractivity contribution is 0.599. The molecular formula is C11H11FN4O2S2. The van der Waals surface area contributed by atoms with Gasteiger partial charge in [-0.25, -0.2) is 12.8 Å². The van der Waals surface area contributed by atoms with Crippen LogP contribution in [0.1, 0.15) is 5.56 Å². The van der Waals surface area contributed by atoms with E-state index in [9.17, 15) is 12.8 Å². The minimum atomic E-state index is -3.86. The molecule has 0 saturated heterocycles. The van der Waals surface area contributed by atoms with E-state index in [2.05, 4.69) is 22.0 Å². The maximum atomic E-state index is 13.4. The predicted octanol–water partition coefficient (Wildman–Crippen LogP) is 0.994. The molecule has 1 aromatic heterocycles. The van der Waals surface area contributed by atoms with Crippen LogP contribution in [0, 0.1) is 5.82 Å². The van der Waals surface area contributed by atoms with Gasteiger partial charge in [0.25, 0.3) is 10.0 Å². The quantitative estimate of drug-likeness (QED) is 0.822. The molecule has 1 aromatic carbocycles. The standard InChI is InChI=1S/C11H11FN4O2S2/c1-16-6-7(5-14-16)15-20(17,18)8-2-3-10(12)9(4-8)11(13)19/h2-6,15H,1H3,(H2,13,19). The van der Waals surface area contributed by atoms with Gasteiger partial charge < -0.3 is 5.73 Å². The number of thiocarbonyl (C=S) groups is 1. The Morgan fingerprint density at radius 2 is 2.20 bits per heavy atom. The summed E-state index contributed by atoms with van der Waals surface area (Å²) in [6.07, 6.45) is 2.85. The van der Waals surface area contributed by atoms with Gasteiger partial charge in [-0.15, -0.1) is 0 Å². The zero-order valence-corrected chi connectivity index (χ0v) is 12.0. The summed E-state index contributed by atoms with van der Waals surface area (Å²) in [7, 11) is -2.20. The summed E-state index contributed by atoms with van der Waals surface area (Å²) in [5.41, 5.74) is 5.53. The third kappa shape index (κ3) is 2.94. The highest BCUT2D eigenvalue weighted by Gasteiger charge is 2.18. The zero-order chi connectivity index (χ0) is 14.9. The van der Waals surface area contributed by atoms with E-state index in [0.717, 1.165) is 18.2 Å². The minimum absolute atomic E-state index is 0.117. The lowest BCUT2D eigenvalue weighted by atomic mass is 10.2. The highest BCUT2D eigenvalue weighted by atomic mass is 32.2. The van der Waals surface area contributed by atoms with Gasteiger partial charge in [0.2, 0.25) is 0 Å². The Balaban J connectivity index is 2.39. The van der Waals surface area contributed by atoms with Gasteiger partial charge in [0.1, 0.15) is 10.8 Å². The van der Waals surface area contributed by atoms with Crippen molar-refractivity contribution in [1.29, 1.82) is 0 Å². The van der Waals surface area contributed by atoms with Crippen molar-refractivity contribution in [3.8, 4) is 0 Å². The summed E-state index contributed by atoms with van der Waals surface area (Å²) in [6.45, 7) is 0. The molecule has 106 valence electrons. The van der Waals surface area contributed by atoms with E-state index >= 15 is 0 Å². The second-order valence-electron chi connectivity index (χ2n) is 4.01. The first-order valence-electron chi connectivity index (χ1n) is 5.40. The first-order chi connectivity index (χ1) is 9.29. The SMILES string of the molecule is Cn1cc(NS(=O)(=O)c2ccc(F)c(C(N)=S)c2)cn1. The maximum Gasteiger partial charge on any atom is 0.262 e. The number of rotatable bonds is 4. The van der Waals surface area contributed by atoms with E-state index < -0.39 is 15.8 Å². The van der Waals surface area contributed by atoms with Crippen molar-refractivity contribution in [2.75, 3.05) is 4.72 Å². The smallest absolute Gasteiger partial charge is 0.262 e. The topological polar surface area (TPSA) is 90.0 Å². The van der Waals surface area contributed by atoms with Gasteiger partial charge >= 0.3 is 0 Å². The average molecular weight is 314 g/mol. The van der Waals surface area contributed by atoms with E-state index in [-0.39, 0.29) is 15.4 Å². The van der Waals surface area contributed by atoms with Crippen molar-refractivity contribution in [3.05, 3.63) is 42.0 Å². The minimum Gasteiger partial charge on any atom is -0.389 e. The summed E-state index contributed by atoms with van der Waals surface area (Å²) < 4.78 is 41.5. The number of benzene rings is 1. The molecule has 9 heteroatoms. The predicted molar refractivity (Wildman–Crippen MR) is 76.3 cm³/mol. The molecule has 1 heterocycles. The first kappa shape index (κ1) is 14.4. The van der Waals surface area contributed by atoms with Crippen LogP contribution in [-0.2, 0) is 17.1 Å². The van der Waals surface area contributed by atoms with Crippen LogP contribution in [0.4, 0.5) is 10.1 Å². The van der Waals surface area contributed by atoms with E-state index in [1.165, 1.54) is 17.1 Å². The number of aromatic nitrogens is 2. The van der Waals surface area contributed by atoms with Gasteiger partial charge in [0.15, 0.2) is 0 Å². The van der Waals surface area contributed by atoms with Crippen LogP contribution in [0.5, 0.6) is 0 Å². The van der Waals surface area contributed by atoms with Crippen LogP contribution in [0.3, 0.4) is 0 Å². The monoisotopic (exact) mass is 314 g/mol. The fraction of sp³-hybridized carbons (Fsp3) is 0.0909. The number of sulfonamides is 1. The first-order valence-corrected chi connectivity index (χ1v) is 7.29. The number of hydrogen-bond donors (Lipinski definition) is 2. The van der Waals surface area contributed by atoms with E-state index in [0.29, 0.717) is 5.69 Å². The Morgan fingerprint density at radius 1 is 1.50 bits per heavy atom. The van der Waals surface area contributed by atoms with Crippen LogP contribution in [0.25, 0.3) is 0 Å². The third-order valence-corrected chi connectivity index (χ3v) is 4.07. The van der Waals surface area contributed by atoms with Gasteiger partial charge in [-0.3, -0.25) is 9.40 Å². The maximum absolute atomic E-state index is 13.4. The number of nitrogens with one attached hydrogen (secondary N) is 1. The van der Waals surface area contributed by atoms with E-state index in [4.69, 9.17) is 5.73 Å². The number of aryl methyl sites for hydroxylation is 1. The highest BCUT2D eigenvalue weighted by Crippen LogP contribution is 2.18. The van der Waals surface area contributed by atoms with Gasteiger partial charge in [0.05, 0.1) is 16.8 Å². The summed E-state index contributed by atoms with van der Waals surface area (Å²) in [5.74, 6) is -0.669. The van der Waals surface area contributed by atoms with Crippen molar-refractivity contribution in [1.82, 2.24) is 9.78 Å². The lowest BCUT2D eigenvalue weighted by Gasteiger charge is -2.08. The average Bonchev–Trinajstić information content (AvgIpc) is 2.73. The number of nitrogens with zero attached hydrogens (tertiary/aromatic N) is 2. The van der Waals surface area contributed by atoms with Crippen molar-refractivity contribution in [2.24, 2.45) is 12.8 Å². The molecule has 0 saturated carbocycles. The molecule has 0 radical (unpaired) electrons. The normalized spacial score (nSPS) is 11.3. The third-order valence-electron chi connectivity index (χ3n) is 2.47. The van der Waals surface area contributed by atoms with Gasteiger partial charge in [-0.1, -0.05) is 12.2 Å². The summed E-state index contributed by atoms with van der Waals surface area (Å²) in [5, 5.41) is 3.84. The number of halogens is 1. The van der Waals surface area contributed by atoms with Crippen molar-refractivity contribution in [2.45, 2.75) is 4.90 Å². The molecule has 0 atom stereocenters. The van der Waals surface area contributed by atoms with E-state index in [1.807, 2.05) is 0 Å². The largest absolute Gasteiger partial charge is 0.389 e. The molecule has 20 heavy (non-hydrogen) atoms. The Hall–Kier alpha value is -2.00.